The topological polar surface area (TPSA) is 47.6 Å². The number of para-hydroxylation sites is 2. The van der Waals surface area contributed by atoms with Crippen molar-refractivity contribution in [3.05, 3.63) is 54.6 Å². The van der Waals surface area contributed by atoms with Crippen molar-refractivity contribution < 1.29 is 14.3 Å². The molecule has 2 aromatic rings. The average Bonchev–Trinajstić information content (AvgIpc) is 2.60. The maximum atomic E-state index is 12.1. The monoisotopic (exact) mass is 331 g/mol. The van der Waals surface area contributed by atoms with E-state index in [1.165, 1.54) is 4.90 Å². The van der Waals surface area contributed by atoms with E-state index >= 15 is 0 Å². The second-order valence-corrected chi connectivity index (χ2v) is 6.03. The Morgan fingerprint density at radius 1 is 1.09 bits per heavy atom. The van der Waals surface area contributed by atoms with Gasteiger partial charge in [-0.05, 0) is 31.2 Å². The van der Waals surface area contributed by atoms with Crippen molar-refractivity contribution in [3.63, 3.8) is 0 Å². The molecular formula is C18H21NO3S. The minimum absolute atomic E-state index is 0.135. The molecule has 1 unspecified atom stereocenters. The molecule has 2 aromatic carbocycles. The molecule has 0 aromatic heterocycles. The number of hydrogen-bond acceptors (Lipinski definition) is 4. The number of amides is 1. The van der Waals surface area contributed by atoms with Crippen molar-refractivity contribution >= 4 is 17.7 Å². The fourth-order valence-corrected chi connectivity index (χ4v) is 2.75. The number of methoxy groups -OCH3 is 1. The van der Waals surface area contributed by atoms with Crippen LogP contribution in [0, 0.1) is 0 Å². The summed E-state index contributed by atoms with van der Waals surface area (Å²) in [4.78, 5) is 13.3. The maximum Gasteiger partial charge on any atom is 0.260 e. The van der Waals surface area contributed by atoms with Crippen LogP contribution >= 0.6 is 11.8 Å². The molecule has 0 aliphatic rings. The van der Waals surface area contributed by atoms with Crippen LogP contribution in [-0.4, -0.2) is 31.4 Å². The Bertz CT molecular complexity index is 619. The highest BCUT2D eigenvalue weighted by Gasteiger charge is 2.15. The number of hydrogen-bond donors (Lipinski definition) is 1. The summed E-state index contributed by atoms with van der Waals surface area (Å²) in [5.41, 5.74) is 0. The van der Waals surface area contributed by atoms with E-state index in [0.717, 1.165) is 5.75 Å². The summed E-state index contributed by atoms with van der Waals surface area (Å²) in [5, 5.41) is 2.88. The van der Waals surface area contributed by atoms with Gasteiger partial charge in [-0.2, -0.15) is 0 Å². The molecule has 0 aliphatic heterocycles. The Hall–Kier alpha value is -2.14. The molecule has 1 atom stereocenters. The zero-order chi connectivity index (χ0) is 16.5. The predicted molar refractivity (Wildman–Crippen MR) is 93.3 cm³/mol. The van der Waals surface area contributed by atoms with E-state index in [2.05, 4.69) is 17.4 Å². The molecule has 1 N–H and O–H groups in total. The van der Waals surface area contributed by atoms with Crippen LogP contribution in [0.3, 0.4) is 0 Å². The van der Waals surface area contributed by atoms with E-state index in [1.54, 1.807) is 37.9 Å². The van der Waals surface area contributed by atoms with Gasteiger partial charge in [-0.15, -0.1) is 11.8 Å². The number of rotatable bonds is 8. The van der Waals surface area contributed by atoms with Crippen LogP contribution in [0.4, 0.5) is 0 Å². The van der Waals surface area contributed by atoms with Gasteiger partial charge >= 0.3 is 0 Å². The first kappa shape index (κ1) is 17.2. The largest absolute Gasteiger partial charge is 0.493 e. The fraction of sp³-hybridized carbons (Fsp3) is 0.278. The third-order valence-corrected chi connectivity index (χ3v) is 4.17. The van der Waals surface area contributed by atoms with Gasteiger partial charge in [-0.25, -0.2) is 0 Å². The molecule has 1 amide bonds. The van der Waals surface area contributed by atoms with Crippen LogP contribution in [0.15, 0.2) is 59.5 Å². The molecule has 0 fully saturated rings. The Morgan fingerprint density at radius 2 is 1.74 bits per heavy atom. The van der Waals surface area contributed by atoms with Gasteiger partial charge in [0.1, 0.15) is 0 Å². The highest BCUT2D eigenvalue weighted by Crippen LogP contribution is 2.26. The summed E-state index contributed by atoms with van der Waals surface area (Å²) < 4.78 is 10.9. The van der Waals surface area contributed by atoms with Crippen molar-refractivity contribution in [1.82, 2.24) is 5.32 Å². The minimum Gasteiger partial charge on any atom is -0.493 e. The first-order chi connectivity index (χ1) is 11.2. The molecule has 122 valence electrons. The van der Waals surface area contributed by atoms with Crippen molar-refractivity contribution in [3.8, 4) is 11.5 Å². The lowest BCUT2D eigenvalue weighted by Crippen LogP contribution is -2.37. The molecule has 2 rings (SSSR count). The van der Waals surface area contributed by atoms with Crippen LogP contribution < -0.4 is 14.8 Å². The summed E-state index contributed by atoms with van der Waals surface area (Å²) in [5.74, 6) is 1.87. The molecule has 0 aliphatic carbocycles. The van der Waals surface area contributed by atoms with Crippen molar-refractivity contribution in [1.29, 1.82) is 0 Å². The van der Waals surface area contributed by atoms with Gasteiger partial charge in [0.25, 0.3) is 5.91 Å². The van der Waals surface area contributed by atoms with Gasteiger partial charge in [0.2, 0.25) is 0 Å². The molecule has 5 heteroatoms. The first-order valence-electron chi connectivity index (χ1n) is 7.46. The number of carbonyl (C=O) groups excluding carboxylic acids is 1. The normalized spacial score (nSPS) is 11.6. The van der Waals surface area contributed by atoms with Gasteiger partial charge < -0.3 is 14.8 Å². The van der Waals surface area contributed by atoms with Crippen molar-refractivity contribution in [2.45, 2.75) is 17.9 Å². The van der Waals surface area contributed by atoms with E-state index in [1.807, 2.05) is 30.3 Å². The van der Waals surface area contributed by atoms with E-state index < -0.39 is 6.10 Å². The predicted octanol–water partition coefficient (Wildman–Crippen LogP) is 3.37. The van der Waals surface area contributed by atoms with Crippen LogP contribution in [-0.2, 0) is 4.79 Å². The van der Waals surface area contributed by atoms with E-state index in [-0.39, 0.29) is 5.91 Å². The zero-order valence-electron chi connectivity index (χ0n) is 13.3. The Balaban J connectivity index is 1.74. The summed E-state index contributed by atoms with van der Waals surface area (Å²) >= 11 is 1.71. The molecule has 23 heavy (non-hydrogen) atoms. The molecule has 0 radical (unpaired) electrons. The third kappa shape index (κ3) is 5.53. The number of carbonyl (C=O) groups is 1. The average molecular weight is 331 g/mol. The fourth-order valence-electron chi connectivity index (χ4n) is 1.96. The lowest BCUT2D eigenvalue weighted by atomic mass is 10.3. The van der Waals surface area contributed by atoms with E-state index in [9.17, 15) is 4.79 Å². The van der Waals surface area contributed by atoms with Gasteiger partial charge in [-0.3, -0.25) is 4.79 Å². The maximum absolute atomic E-state index is 12.1. The van der Waals surface area contributed by atoms with Gasteiger partial charge in [0.15, 0.2) is 17.6 Å². The summed E-state index contributed by atoms with van der Waals surface area (Å²) in [7, 11) is 1.58. The molecule has 0 spiro atoms. The Morgan fingerprint density at radius 3 is 2.43 bits per heavy atom. The molecule has 0 saturated carbocycles. The number of thioether (sulfide) groups is 1. The Labute approximate surface area is 141 Å². The van der Waals surface area contributed by atoms with E-state index in [0.29, 0.717) is 18.0 Å². The van der Waals surface area contributed by atoms with Crippen LogP contribution in [0.25, 0.3) is 0 Å². The molecule has 4 nitrogen and oxygen atoms in total. The third-order valence-electron chi connectivity index (χ3n) is 3.16. The lowest BCUT2D eigenvalue weighted by molar-refractivity contribution is -0.127. The highest BCUT2D eigenvalue weighted by atomic mass is 32.2. The van der Waals surface area contributed by atoms with Gasteiger partial charge in [0.05, 0.1) is 7.11 Å². The molecule has 0 heterocycles. The van der Waals surface area contributed by atoms with Gasteiger partial charge in [-0.1, -0.05) is 30.3 Å². The summed E-state index contributed by atoms with van der Waals surface area (Å²) in [6.45, 7) is 2.32. The number of ether oxygens (including phenoxy) is 2. The number of benzene rings is 2. The summed E-state index contributed by atoms with van der Waals surface area (Å²) in [6, 6.07) is 17.4. The van der Waals surface area contributed by atoms with Crippen LogP contribution in [0.5, 0.6) is 11.5 Å². The zero-order valence-corrected chi connectivity index (χ0v) is 14.1. The molecule has 0 saturated heterocycles. The van der Waals surface area contributed by atoms with E-state index in [4.69, 9.17) is 9.47 Å². The number of nitrogens with one attached hydrogen (secondary N) is 1. The van der Waals surface area contributed by atoms with Gasteiger partial charge in [0, 0.05) is 17.2 Å². The van der Waals surface area contributed by atoms with Crippen molar-refractivity contribution in [2.75, 3.05) is 19.4 Å². The lowest BCUT2D eigenvalue weighted by Gasteiger charge is -2.16. The van der Waals surface area contributed by atoms with Crippen LogP contribution in [0.1, 0.15) is 6.92 Å². The molecule has 0 bridgehead atoms. The Kier molecular flexibility index (Phi) is 6.81. The smallest absolute Gasteiger partial charge is 0.260 e. The van der Waals surface area contributed by atoms with Crippen LogP contribution in [0.2, 0.25) is 0 Å². The minimum atomic E-state index is -0.576. The highest BCUT2D eigenvalue weighted by molar-refractivity contribution is 7.99. The quantitative estimate of drug-likeness (QED) is 0.595. The molecular weight excluding hydrogens is 310 g/mol. The second-order valence-electron chi connectivity index (χ2n) is 4.86. The SMILES string of the molecule is COc1ccccc1OC(C)C(=O)NCCSc1ccccc1. The summed E-state index contributed by atoms with van der Waals surface area (Å²) in [6.07, 6.45) is -0.576. The second kappa shape index (κ2) is 9.10. The first-order valence-corrected chi connectivity index (χ1v) is 8.44. The van der Waals surface area contributed by atoms with Crippen molar-refractivity contribution in [2.24, 2.45) is 0 Å². The standard InChI is InChI=1S/C18H21NO3S/c1-14(22-17-11-7-6-10-16(17)21-2)18(20)19-12-13-23-15-8-4-3-5-9-15/h3-11,14H,12-13H2,1-2H3,(H,19,20).